The van der Waals surface area contributed by atoms with Crippen LogP contribution in [0.2, 0.25) is 5.02 Å². The Kier molecular flexibility index (Phi) is 5.79. The van der Waals surface area contributed by atoms with Crippen LogP contribution in [0.1, 0.15) is 15.9 Å². The first-order chi connectivity index (χ1) is 10.1. The van der Waals surface area contributed by atoms with Crippen molar-refractivity contribution in [2.45, 2.75) is 12.5 Å². The Labute approximate surface area is 137 Å². The zero-order chi connectivity index (χ0) is 15.2. The fraction of sp³-hybridized carbons (Fsp3) is 0.188. The summed E-state index contributed by atoms with van der Waals surface area (Å²) in [5, 5.41) is 12.7. The first-order valence-corrected chi connectivity index (χ1v) is 7.68. The third-order valence-corrected chi connectivity index (χ3v) is 4.29. The van der Waals surface area contributed by atoms with Crippen LogP contribution < -0.4 is 5.32 Å². The lowest BCUT2D eigenvalue weighted by molar-refractivity contribution is 0.0916. The van der Waals surface area contributed by atoms with Crippen molar-refractivity contribution in [3.63, 3.8) is 0 Å². The number of aliphatic hydroxyl groups excluding tert-OH is 1. The molecule has 0 fully saturated rings. The minimum atomic E-state index is -0.331. The van der Waals surface area contributed by atoms with Gasteiger partial charge in [0.05, 0.1) is 17.7 Å². The van der Waals surface area contributed by atoms with Crippen molar-refractivity contribution in [3.8, 4) is 0 Å². The fourth-order valence-corrected chi connectivity index (χ4v) is 2.39. The number of halogens is 2. The number of carbonyl (C=O) groups excluding carboxylic acids is 1. The Balaban J connectivity index is 2.04. The lowest BCUT2D eigenvalue weighted by Gasteiger charge is -2.16. The van der Waals surface area contributed by atoms with Crippen molar-refractivity contribution in [1.29, 1.82) is 0 Å². The molecule has 0 unspecified atom stereocenters. The van der Waals surface area contributed by atoms with E-state index in [-0.39, 0.29) is 18.6 Å². The van der Waals surface area contributed by atoms with E-state index in [9.17, 15) is 9.90 Å². The molecule has 0 aromatic heterocycles. The zero-order valence-electron chi connectivity index (χ0n) is 11.2. The molecule has 0 aliphatic carbocycles. The molecule has 0 saturated carbocycles. The first kappa shape index (κ1) is 16.0. The van der Waals surface area contributed by atoms with Gasteiger partial charge in [-0.05, 0) is 46.1 Å². The van der Waals surface area contributed by atoms with Crippen molar-refractivity contribution < 1.29 is 9.90 Å². The third-order valence-electron chi connectivity index (χ3n) is 3.06. The van der Waals surface area contributed by atoms with Crippen LogP contribution in [0.3, 0.4) is 0 Å². The first-order valence-electron chi connectivity index (χ1n) is 6.51. The van der Waals surface area contributed by atoms with Gasteiger partial charge in [-0.3, -0.25) is 4.79 Å². The van der Waals surface area contributed by atoms with Crippen molar-refractivity contribution >= 4 is 33.4 Å². The average Bonchev–Trinajstić information content (AvgIpc) is 2.50. The normalized spacial score (nSPS) is 12.0. The van der Waals surface area contributed by atoms with Gasteiger partial charge in [0.2, 0.25) is 0 Å². The summed E-state index contributed by atoms with van der Waals surface area (Å²) < 4.78 is 0.740. The summed E-state index contributed by atoms with van der Waals surface area (Å²) in [7, 11) is 0. The standard InChI is InChI=1S/C16H15BrClNO2/c17-14-7-6-12(9-15(14)18)16(21)19-13(10-20)8-11-4-2-1-3-5-11/h1-7,9,13,20H,8,10H2,(H,19,21)/t13-/m1/s1. The summed E-state index contributed by atoms with van der Waals surface area (Å²) in [6, 6.07) is 14.4. The van der Waals surface area contributed by atoms with Gasteiger partial charge in [-0.25, -0.2) is 0 Å². The number of nitrogens with one attached hydrogen (secondary N) is 1. The number of benzene rings is 2. The molecule has 1 amide bonds. The second-order valence-corrected chi connectivity index (χ2v) is 5.93. The summed E-state index contributed by atoms with van der Waals surface area (Å²) >= 11 is 9.27. The van der Waals surface area contributed by atoms with E-state index in [0.717, 1.165) is 10.0 Å². The summed E-state index contributed by atoms with van der Waals surface area (Å²) in [4.78, 5) is 12.2. The second kappa shape index (κ2) is 7.59. The number of carbonyl (C=O) groups is 1. The maximum atomic E-state index is 12.2. The number of amides is 1. The predicted octanol–water partition coefficient (Wildman–Crippen LogP) is 3.44. The van der Waals surface area contributed by atoms with E-state index in [1.165, 1.54) is 0 Å². The van der Waals surface area contributed by atoms with E-state index >= 15 is 0 Å². The van der Waals surface area contributed by atoms with Crippen LogP contribution in [0.5, 0.6) is 0 Å². The van der Waals surface area contributed by atoms with E-state index in [1.54, 1.807) is 18.2 Å². The lowest BCUT2D eigenvalue weighted by atomic mass is 10.1. The van der Waals surface area contributed by atoms with E-state index in [0.29, 0.717) is 17.0 Å². The second-order valence-electron chi connectivity index (χ2n) is 4.67. The van der Waals surface area contributed by atoms with Crippen molar-refractivity contribution in [2.75, 3.05) is 6.61 Å². The highest BCUT2D eigenvalue weighted by Gasteiger charge is 2.14. The van der Waals surface area contributed by atoms with Crippen molar-refractivity contribution in [3.05, 3.63) is 69.2 Å². The van der Waals surface area contributed by atoms with Crippen LogP contribution in [-0.2, 0) is 6.42 Å². The van der Waals surface area contributed by atoms with Crippen LogP contribution in [-0.4, -0.2) is 23.7 Å². The molecule has 2 rings (SSSR count). The van der Waals surface area contributed by atoms with E-state index in [2.05, 4.69) is 21.2 Å². The van der Waals surface area contributed by atoms with Crippen LogP contribution in [0.25, 0.3) is 0 Å². The molecular weight excluding hydrogens is 354 g/mol. The lowest BCUT2D eigenvalue weighted by Crippen LogP contribution is -2.39. The largest absolute Gasteiger partial charge is 0.394 e. The van der Waals surface area contributed by atoms with Gasteiger partial charge < -0.3 is 10.4 Å². The Morgan fingerprint density at radius 3 is 2.57 bits per heavy atom. The zero-order valence-corrected chi connectivity index (χ0v) is 13.6. The summed E-state index contributed by atoms with van der Waals surface area (Å²) in [6.07, 6.45) is 0.577. The molecule has 0 aliphatic heterocycles. The minimum absolute atomic E-state index is 0.120. The molecule has 2 aromatic carbocycles. The molecule has 21 heavy (non-hydrogen) atoms. The Bertz CT molecular complexity index is 619. The Morgan fingerprint density at radius 2 is 1.95 bits per heavy atom. The molecule has 5 heteroatoms. The highest BCUT2D eigenvalue weighted by atomic mass is 79.9. The third kappa shape index (κ3) is 4.56. The van der Waals surface area contributed by atoms with Gasteiger partial charge in [0, 0.05) is 10.0 Å². The monoisotopic (exact) mass is 367 g/mol. The number of hydrogen-bond donors (Lipinski definition) is 2. The summed E-state index contributed by atoms with van der Waals surface area (Å²) in [5.41, 5.74) is 1.53. The van der Waals surface area contributed by atoms with Gasteiger partial charge in [-0.1, -0.05) is 41.9 Å². The van der Waals surface area contributed by atoms with Crippen molar-refractivity contribution in [1.82, 2.24) is 5.32 Å². The molecule has 0 saturated heterocycles. The molecule has 0 aliphatic rings. The van der Waals surface area contributed by atoms with Crippen LogP contribution in [0.4, 0.5) is 0 Å². The Hall–Kier alpha value is -1.36. The smallest absolute Gasteiger partial charge is 0.251 e. The number of aliphatic hydroxyl groups is 1. The van der Waals surface area contributed by atoms with Crippen LogP contribution in [0, 0.1) is 0 Å². The van der Waals surface area contributed by atoms with E-state index < -0.39 is 0 Å². The Morgan fingerprint density at radius 1 is 1.24 bits per heavy atom. The van der Waals surface area contributed by atoms with Crippen molar-refractivity contribution in [2.24, 2.45) is 0 Å². The topological polar surface area (TPSA) is 49.3 Å². The van der Waals surface area contributed by atoms with Gasteiger partial charge in [0.15, 0.2) is 0 Å². The van der Waals surface area contributed by atoms with Gasteiger partial charge in [-0.15, -0.1) is 0 Å². The highest BCUT2D eigenvalue weighted by molar-refractivity contribution is 9.10. The highest BCUT2D eigenvalue weighted by Crippen LogP contribution is 2.23. The minimum Gasteiger partial charge on any atom is -0.394 e. The number of hydrogen-bond acceptors (Lipinski definition) is 2. The van der Waals surface area contributed by atoms with Crippen LogP contribution in [0.15, 0.2) is 53.0 Å². The number of rotatable bonds is 5. The summed E-state index contributed by atoms with van der Waals surface area (Å²) in [5.74, 6) is -0.251. The van der Waals surface area contributed by atoms with E-state index in [1.807, 2.05) is 30.3 Å². The van der Waals surface area contributed by atoms with Crippen LogP contribution >= 0.6 is 27.5 Å². The molecule has 3 nitrogen and oxygen atoms in total. The molecule has 0 bridgehead atoms. The van der Waals surface area contributed by atoms with Gasteiger partial charge in [0.25, 0.3) is 5.91 Å². The SMILES string of the molecule is O=C(N[C@@H](CO)Cc1ccccc1)c1ccc(Br)c(Cl)c1. The average molecular weight is 369 g/mol. The maximum absolute atomic E-state index is 12.2. The van der Waals surface area contributed by atoms with Gasteiger partial charge >= 0.3 is 0 Å². The quantitative estimate of drug-likeness (QED) is 0.849. The fourth-order valence-electron chi connectivity index (χ4n) is 1.97. The molecule has 2 N–H and O–H groups in total. The molecule has 1 atom stereocenters. The predicted molar refractivity (Wildman–Crippen MR) is 87.6 cm³/mol. The molecule has 0 heterocycles. The van der Waals surface area contributed by atoms with E-state index in [4.69, 9.17) is 11.6 Å². The summed E-state index contributed by atoms with van der Waals surface area (Å²) in [6.45, 7) is -0.120. The molecule has 0 spiro atoms. The van der Waals surface area contributed by atoms with Gasteiger partial charge in [0.1, 0.15) is 0 Å². The molecule has 0 radical (unpaired) electrons. The molecule has 2 aromatic rings. The van der Waals surface area contributed by atoms with Gasteiger partial charge in [-0.2, -0.15) is 0 Å². The molecule has 110 valence electrons. The molecular formula is C16H15BrClNO2. The maximum Gasteiger partial charge on any atom is 0.251 e.